The third-order valence-electron chi connectivity index (χ3n) is 3.15. The third kappa shape index (κ3) is 1.34. The van der Waals surface area contributed by atoms with Gasteiger partial charge in [0, 0.05) is 17.1 Å². The Morgan fingerprint density at radius 3 is 2.79 bits per heavy atom. The van der Waals surface area contributed by atoms with Crippen molar-refractivity contribution in [3.8, 4) is 0 Å². The van der Waals surface area contributed by atoms with Crippen molar-refractivity contribution in [3.05, 3.63) is 23.2 Å². The van der Waals surface area contributed by atoms with Gasteiger partial charge in [0.1, 0.15) is 0 Å². The average Bonchev–Trinajstić information content (AvgIpc) is 2.93. The second-order valence-electron chi connectivity index (χ2n) is 4.27. The van der Waals surface area contributed by atoms with Gasteiger partial charge in [-0.2, -0.15) is 0 Å². The highest BCUT2D eigenvalue weighted by atomic mass is 35.5. The molecule has 0 unspecified atom stereocenters. The first-order valence-electron chi connectivity index (χ1n) is 5.09. The van der Waals surface area contributed by atoms with Crippen LogP contribution in [0.5, 0.6) is 0 Å². The van der Waals surface area contributed by atoms with E-state index in [4.69, 9.17) is 11.6 Å². The first kappa shape index (κ1) is 8.42. The minimum Gasteiger partial charge on any atom is -0.383 e. The monoisotopic (exact) mass is 208 g/mol. The molecule has 1 fully saturated rings. The lowest BCUT2D eigenvalue weighted by molar-refractivity contribution is 0.687. The highest BCUT2D eigenvalue weighted by Gasteiger charge is 2.43. The first-order chi connectivity index (χ1) is 6.77. The van der Waals surface area contributed by atoms with Gasteiger partial charge in [-0.15, -0.1) is 0 Å². The molecule has 1 aliphatic carbocycles. The van der Waals surface area contributed by atoms with Crippen molar-refractivity contribution >= 4 is 23.0 Å². The molecule has 2 nitrogen and oxygen atoms in total. The summed E-state index contributed by atoms with van der Waals surface area (Å²) in [6.07, 6.45) is 3.81. The van der Waals surface area contributed by atoms with Crippen LogP contribution in [0.2, 0.25) is 5.02 Å². The van der Waals surface area contributed by atoms with Crippen LogP contribution >= 0.6 is 11.6 Å². The molecule has 3 heteroatoms. The van der Waals surface area contributed by atoms with Crippen LogP contribution in [0, 0.1) is 0 Å². The van der Waals surface area contributed by atoms with Gasteiger partial charge in [0.2, 0.25) is 0 Å². The van der Waals surface area contributed by atoms with E-state index >= 15 is 0 Å². The quantitative estimate of drug-likeness (QED) is 0.685. The van der Waals surface area contributed by atoms with E-state index in [1.807, 2.05) is 12.1 Å². The molecule has 74 valence electrons. The molecule has 0 bridgehead atoms. The largest absolute Gasteiger partial charge is 0.383 e. The topological polar surface area (TPSA) is 24.1 Å². The summed E-state index contributed by atoms with van der Waals surface area (Å²) in [4.78, 5) is 0. The van der Waals surface area contributed by atoms with Crippen molar-refractivity contribution in [2.75, 3.05) is 17.2 Å². The number of fused-ring (bicyclic) bond motifs is 1. The molecule has 1 aromatic rings. The number of halogens is 1. The van der Waals surface area contributed by atoms with E-state index in [-0.39, 0.29) is 0 Å². The summed E-state index contributed by atoms with van der Waals surface area (Å²) in [6.45, 7) is 1.04. The van der Waals surface area contributed by atoms with Gasteiger partial charge < -0.3 is 10.6 Å². The lowest BCUT2D eigenvalue weighted by Crippen LogP contribution is -2.20. The van der Waals surface area contributed by atoms with E-state index in [2.05, 4.69) is 16.7 Å². The van der Waals surface area contributed by atoms with Gasteiger partial charge in [-0.25, -0.2) is 0 Å². The molecule has 3 rings (SSSR count). The number of benzene rings is 1. The lowest BCUT2D eigenvalue weighted by Gasteiger charge is -2.15. The summed E-state index contributed by atoms with van der Waals surface area (Å²) >= 11 is 5.95. The first-order valence-corrected chi connectivity index (χ1v) is 5.47. The van der Waals surface area contributed by atoms with Crippen LogP contribution < -0.4 is 10.6 Å². The molecule has 0 aromatic heterocycles. The summed E-state index contributed by atoms with van der Waals surface area (Å²) in [5, 5.41) is 7.83. The van der Waals surface area contributed by atoms with Gasteiger partial charge in [-0.1, -0.05) is 11.6 Å². The van der Waals surface area contributed by atoms with Gasteiger partial charge >= 0.3 is 0 Å². The van der Waals surface area contributed by atoms with Gasteiger partial charge in [-0.05, 0) is 37.5 Å². The summed E-state index contributed by atoms with van der Waals surface area (Å²) in [5.74, 6) is 0. The third-order valence-corrected chi connectivity index (χ3v) is 3.39. The summed E-state index contributed by atoms with van der Waals surface area (Å²) < 4.78 is 0. The van der Waals surface area contributed by atoms with Crippen LogP contribution in [0.15, 0.2) is 18.2 Å². The molecule has 1 saturated carbocycles. The zero-order chi connectivity index (χ0) is 9.60. The molecule has 0 radical (unpaired) electrons. The smallest absolute Gasteiger partial charge is 0.0591 e. The average molecular weight is 209 g/mol. The van der Waals surface area contributed by atoms with Crippen molar-refractivity contribution in [2.45, 2.75) is 24.8 Å². The zero-order valence-electron chi connectivity index (χ0n) is 7.94. The Kier molecular flexibility index (Phi) is 1.68. The molecule has 1 spiro atoms. The molecule has 2 aliphatic rings. The minimum absolute atomic E-state index is 0.395. The summed E-state index contributed by atoms with van der Waals surface area (Å²) in [5.41, 5.74) is 2.73. The molecule has 1 aliphatic heterocycles. The van der Waals surface area contributed by atoms with E-state index < -0.39 is 0 Å². The maximum atomic E-state index is 5.95. The minimum atomic E-state index is 0.395. The predicted octanol–water partition coefficient (Wildman–Crippen LogP) is 3.10. The Morgan fingerprint density at radius 1 is 1.14 bits per heavy atom. The van der Waals surface area contributed by atoms with Crippen molar-refractivity contribution in [1.29, 1.82) is 0 Å². The number of rotatable bonds is 0. The van der Waals surface area contributed by atoms with Crippen LogP contribution in [-0.4, -0.2) is 12.1 Å². The van der Waals surface area contributed by atoms with Crippen LogP contribution in [0.4, 0.5) is 11.4 Å². The molecule has 14 heavy (non-hydrogen) atoms. The molecular formula is C11H13ClN2. The molecule has 1 heterocycles. The van der Waals surface area contributed by atoms with Crippen LogP contribution in [0.1, 0.15) is 19.3 Å². The van der Waals surface area contributed by atoms with E-state index in [0.29, 0.717) is 5.54 Å². The molecule has 0 saturated heterocycles. The zero-order valence-corrected chi connectivity index (χ0v) is 8.69. The van der Waals surface area contributed by atoms with E-state index in [1.54, 1.807) is 0 Å². The Bertz CT molecular complexity index is 372. The van der Waals surface area contributed by atoms with Gasteiger partial charge in [0.15, 0.2) is 0 Å². The van der Waals surface area contributed by atoms with Crippen molar-refractivity contribution < 1.29 is 0 Å². The van der Waals surface area contributed by atoms with Crippen molar-refractivity contribution in [1.82, 2.24) is 0 Å². The van der Waals surface area contributed by atoms with E-state index in [1.165, 1.54) is 24.9 Å². The molecule has 2 N–H and O–H groups in total. The standard InChI is InChI=1S/C11H13ClN2/c12-8-1-2-9-10(7-8)13-6-5-11(14-9)3-4-11/h1-2,7,13-14H,3-6H2. The second kappa shape index (κ2) is 2.80. The van der Waals surface area contributed by atoms with Gasteiger partial charge in [0.25, 0.3) is 0 Å². The maximum absolute atomic E-state index is 5.95. The fourth-order valence-corrected chi connectivity index (χ4v) is 2.25. The fourth-order valence-electron chi connectivity index (χ4n) is 2.08. The number of hydrogen-bond acceptors (Lipinski definition) is 2. The van der Waals surface area contributed by atoms with E-state index in [0.717, 1.165) is 17.3 Å². The Labute approximate surface area is 88.6 Å². The highest BCUT2D eigenvalue weighted by Crippen LogP contribution is 2.45. The van der Waals surface area contributed by atoms with Crippen LogP contribution in [0.3, 0.4) is 0 Å². The second-order valence-corrected chi connectivity index (χ2v) is 4.71. The number of nitrogens with one attached hydrogen (secondary N) is 2. The fraction of sp³-hybridized carbons (Fsp3) is 0.455. The van der Waals surface area contributed by atoms with Crippen molar-refractivity contribution in [2.24, 2.45) is 0 Å². The Morgan fingerprint density at radius 2 is 2.00 bits per heavy atom. The van der Waals surface area contributed by atoms with Gasteiger partial charge in [-0.3, -0.25) is 0 Å². The van der Waals surface area contributed by atoms with Crippen LogP contribution in [0.25, 0.3) is 0 Å². The number of anilines is 2. The highest BCUT2D eigenvalue weighted by molar-refractivity contribution is 6.31. The predicted molar refractivity (Wildman–Crippen MR) is 60.1 cm³/mol. The summed E-state index contributed by atoms with van der Waals surface area (Å²) in [7, 11) is 0. The molecule has 1 aromatic carbocycles. The van der Waals surface area contributed by atoms with E-state index in [9.17, 15) is 0 Å². The maximum Gasteiger partial charge on any atom is 0.0591 e. The van der Waals surface area contributed by atoms with Gasteiger partial charge in [0.05, 0.1) is 11.4 Å². The Hall–Kier alpha value is -0.890. The molecular weight excluding hydrogens is 196 g/mol. The normalized spacial score (nSPS) is 21.8. The molecule has 0 atom stereocenters. The SMILES string of the molecule is Clc1ccc2c(c1)NCCC1(CC1)N2. The van der Waals surface area contributed by atoms with Crippen LogP contribution in [-0.2, 0) is 0 Å². The number of hydrogen-bond donors (Lipinski definition) is 2. The lowest BCUT2D eigenvalue weighted by atomic mass is 10.2. The van der Waals surface area contributed by atoms with Crippen molar-refractivity contribution in [3.63, 3.8) is 0 Å². The molecule has 0 amide bonds. The Balaban J connectivity index is 1.99. The summed E-state index contributed by atoms with van der Waals surface area (Å²) in [6, 6.07) is 6.00.